The molecule has 21 heavy (non-hydrogen) atoms. The zero-order valence-corrected chi connectivity index (χ0v) is 14.5. The Morgan fingerprint density at radius 3 is 2.95 bits per heavy atom. The van der Waals surface area contributed by atoms with Gasteiger partial charge in [-0.05, 0) is 36.9 Å². The zero-order valence-electron chi connectivity index (χ0n) is 11.3. The Morgan fingerprint density at radius 2 is 2.29 bits per heavy atom. The van der Waals surface area contributed by atoms with Crippen molar-refractivity contribution in [1.82, 2.24) is 10.3 Å². The van der Waals surface area contributed by atoms with Gasteiger partial charge in [-0.2, -0.15) is 0 Å². The molecule has 0 bridgehead atoms. The first-order valence-electron chi connectivity index (χ1n) is 6.38. The van der Waals surface area contributed by atoms with E-state index < -0.39 is 0 Å². The molecule has 3 heterocycles. The second-order valence-corrected chi connectivity index (χ2v) is 5.90. The van der Waals surface area contributed by atoms with Gasteiger partial charge in [-0.15, -0.1) is 36.2 Å². The highest BCUT2D eigenvalue weighted by atomic mass is 35.5. The molecule has 0 unspecified atom stereocenters. The molecule has 1 atom stereocenters. The maximum absolute atomic E-state index is 6.14. The molecule has 0 saturated carbocycles. The van der Waals surface area contributed by atoms with Crippen LogP contribution in [0.1, 0.15) is 12.8 Å². The monoisotopic (exact) mass is 366 g/mol. The number of aromatic nitrogens is 1. The quantitative estimate of drug-likeness (QED) is 0.811. The maximum Gasteiger partial charge on any atom is 0.138 e. The van der Waals surface area contributed by atoms with Gasteiger partial charge in [0.1, 0.15) is 17.5 Å². The minimum atomic E-state index is 0. The third-order valence-corrected chi connectivity index (χ3v) is 4.42. The van der Waals surface area contributed by atoms with Gasteiger partial charge in [0, 0.05) is 16.5 Å². The molecule has 0 aliphatic carbocycles. The molecule has 1 saturated heterocycles. The first-order valence-corrected chi connectivity index (χ1v) is 7.64. The zero-order chi connectivity index (χ0) is 13.1. The van der Waals surface area contributed by atoms with Crippen LogP contribution in [0, 0.1) is 0 Å². The minimum absolute atomic E-state index is 0. The van der Waals surface area contributed by atoms with Gasteiger partial charge in [-0.1, -0.05) is 17.7 Å². The summed E-state index contributed by atoms with van der Waals surface area (Å²) in [4.78, 5) is 5.32. The van der Waals surface area contributed by atoms with E-state index in [-0.39, 0.29) is 24.8 Å². The molecule has 1 fully saturated rings. The number of halogens is 3. The highest BCUT2D eigenvalue weighted by Gasteiger charge is 2.15. The molecule has 7 heteroatoms. The predicted molar refractivity (Wildman–Crippen MR) is 93.6 cm³/mol. The van der Waals surface area contributed by atoms with Crippen LogP contribution in [0.5, 0.6) is 5.75 Å². The van der Waals surface area contributed by atoms with Crippen molar-refractivity contribution < 1.29 is 4.74 Å². The molecule has 2 aromatic heterocycles. The Labute approximate surface area is 145 Å². The Morgan fingerprint density at radius 1 is 1.43 bits per heavy atom. The van der Waals surface area contributed by atoms with E-state index in [9.17, 15) is 0 Å². The first kappa shape index (κ1) is 18.5. The fourth-order valence-corrected chi connectivity index (χ4v) is 3.21. The van der Waals surface area contributed by atoms with E-state index in [1.54, 1.807) is 17.5 Å². The summed E-state index contributed by atoms with van der Waals surface area (Å²) in [6, 6.07) is 6.47. The number of pyridine rings is 1. The van der Waals surface area contributed by atoms with E-state index in [0.717, 1.165) is 22.7 Å². The van der Waals surface area contributed by atoms with E-state index in [1.165, 1.54) is 12.8 Å². The van der Waals surface area contributed by atoms with Crippen molar-refractivity contribution in [2.75, 3.05) is 13.2 Å². The topological polar surface area (TPSA) is 34.1 Å². The molecule has 3 nitrogen and oxygen atoms in total. The Bertz CT molecular complexity index is 545. The molecular formula is C14H17Cl3N2OS. The van der Waals surface area contributed by atoms with Crippen LogP contribution >= 0.6 is 47.8 Å². The van der Waals surface area contributed by atoms with Crippen molar-refractivity contribution in [2.45, 2.75) is 18.9 Å². The van der Waals surface area contributed by atoms with E-state index in [2.05, 4.69) is 10.3 Å². The summed E-state index contributed by atoms with van der Waals surface area (Å²) in [5.74, 6) is 0.779. The molecule has 0 amide bonds. The predicted octanol–water partition coefficient (Wildman–Crippen LogP) is 4.44. The number of nitrogens with zero attached hydrogens (tertiary/aromatic N) is 1. The van der Waals surface area contributed by atoms with E-state index in [4.69, 9.17) is 16.3 Å². The largest absolute Gasteiger partial charge is 0.490 e. The second kappa shape index (κ2) is 8.81. The number of rotatable bonds is 4. The van der Waals surface area contributed by atoms with Gasteiger partial charge in [0.25, 0.3) is 0 Å². The van der Waals surface area contributed by atoms with E-state index in [1.807, 2.05) is 23.6 Å². The second-order valence-electron chi connectivity index (χ2n) is 4.59. The molecule has 116 valence electrons. The van der Waals surface area contributed by atoms with Crippen LogP contribution < -0.4 is 10.1 Å². The lowest BCUT2D eigenvalue weighted by atomic mass is 10.2. The Kier molecular flexibility index (Phi) is 7.77. The van der Waals surface area contributed by atoms with Crippen LogP contribution in [0.3, 0.4) is 0 Å². The van der Waals surface area contributed by atoms with Gasteiger partial charge in [0.05, 0.1) is 6.20 Å². The van der Waals surface area contributed by atoms with E-state index in [0.29, 0.717) is 17.8 Å². The number of thiophene rings is 1. The van der Waals surface area contributed by atoms with Crippen LogP contribution in [0.4, 0.5) is 0 Å². The number of hydrogen-bond donors (Lipinski definition) is 1. The first-order chi connectivity index (χ1) is 9.33. The van der Waals surface area contributed by atoms with Gasteiger partial charge in [0.2, 0.25) is 0 Å². The van der Waals surface area contributed by atoms with Crippen molar-refractivity contribution in [3.8, 4) is 16.2 Å². The summed E-state index contributed by atoms with van der Waals surface area (Å²) >= 11 is 7.79. The highest BCUT2D eigenvalue weighted by Crippen LogP contribution is 2.32. The van der Waals surface area contributed by atoms with Gasteiger partial charge >= 0.3 is 0 Å². The smallest absolute Gasteiger partial charge is 0.138 e. The minimum Gasteiger partial charge on any atom is -0.490 e. The molecule has 1 N–H and O–H groups in total. The van der Waals surface area contributed by atoms with Gasteiger partial charge in [0.15, 0.2) is 0 Å². The molecule has 0 aromatic carbocycles. The van der Waals surface area contributed by atoms with Crippen LogP contribution in [0.25, 0.3) is 10.4 Å². The van der Waals surface area contributed by atoms with Crippen molar-refractivity contribution >= 4 is 47.8 Å². The molecule has 3 rings (SSSR count). The number of nitrogens with one attached hydrogen (secondary N) is 1. The van der Waals surface area contributed by atoms with Crippen molar-refractivity contribution in [3.05, 3.63) is 34.9 Å². The summed E-state index contributed by atoms with van der Waals surface area (Å²) in [6.07, 6.45) is 4.10. The van der Waals surface area contributed by atoms with Gasteiger partial charge in [-0.3, -0.25) is 0 Å². The third-order valence-electron chi connectivity index (χ3n) is 3.21. The molecule has 1 aliphatic heterocycles. The summed E-state index contributed by atoms with van der Waals surface area (Å²) in [6.45, 7) is 1.78. The SMILES string of the molecule is Cl.Cl.Clc1ncc(OC[C@@H]2CCCN2)cc1-c1cccs1. The molecular weight excluding hydrogens is 351 g/mol. The molecule has 2 aromatic rings. The van der Waals surface area contributed by atoms with E-state index >= 15 is 0 Å². The number of ether oxygens (including phenoxy) is 1. The lowest BCUT2D eigenvalue weighted by Gasteiger charge is -2.12. The molecule has 0 radical (unpaired) electrons. The summed E-state index contributed by atoms with van der Waals surface area (Å²) in [5.41, 5.74) is 0.938. The van der Waals surface area contributed by atoms with Gasteiger partial charge < -0.3 is 10.1 Å². The fraction of sp³-hybridized carbons (Fsp3) is 0.357. The lowest BCUT2D eigenvalue weighted by Crippen LogP contribution is -2.28. The van der Waals surface area contributed by atoms with Gasteiger partial charge in [-0.25, -0.2) is 4.98 Å². The summed E-state index contributed by atoms with van der Waals surface area (Å²) in [5, 5.41) is 5.96. The fourth-order valence-electron chi connectivity index (χ4n) is 2.21. The molecule has 1 aliphatic rings. The maximum atomic E-state index is 6.14. The van der Waals surface area contributed by atoms with Crippen molar-refractivity contribution in [3.63, 3.8) is 0 Å². The lowest BCUT2D eigenvalue weighted by molar-refractivity contribution is 0.276. The van der Waals surface area contributed by atoms with Crippen molar-refractivity contribution in [2.24, 2.45) is 0 Å². The van der Waals surface area contributed by atoms with Crippen LogP contribution in [0.15, 0.2) is 29.8 Å². The van der Waals surface area contributed by atoms with Crippen LogP contribution in [-0.2, 0) is 0 Å². The van der Waals surface area contributed by atoms with Crippen molar-refractivity contribution in [1.29, 1.82) is 0 Å². The normalized spacial score (nSPS) is 16.9. The average Bonchev–Trinajstić information content (AvgIpc) is 3.11. The Balaban J connectivity index is 0.00000110. The van der Waals surface area contributed by atoms with Crippen LogP contribution in [0.2, 0.25) is 5.15 Å². The average molecular weight is 368 g/mol. The Hall–Kier alpha value is -0.520. The number of hydrogen-bond acceptors (Lipinski definition) is 4. The third kappa shape index (κ3) is 4.73. The highest BCUT2D eigenvalue weighted by molar-refractivity contribution is 7.13. The molecule has 0 spiro atoms. The summed E-state index contributed by atoms with van der Waals surface area (Å²) < 4.78 is 5.80. The van der Waals surface area contributed by atoms with Crippen LogP contribution in [-0.4, -0.2) is 24.2 Å². The standard InChI is InChI=1S/C14H15ClN2OS.2ClH/c15-14-12(13-4-2-6-19-13)7-11(8-17-14)18-9-10-3-1-5-16-10;;/h2,4,6-8,10,16H,1,3,5,9H2;2*1H/t10-;;/m0../s1. The summed E-state index contributed by atoms with van der Waals surface area (Å²) in [7, 11) is 0.